The molecule has 0 saturated carbocycles. The first-order valence-corrected chi connectivity index (χ1v) is 6.74. The number of rotatable bonds is 5. The Bertz CT molecular complexity index is 738. The average molecular weight is 328 g/mol. The number of H-pyrrole nitrogens is 1. The van der Waals surface area contributed by atoms with Gasteiger partial charge in [0.25, 0.3) is 5.56 Å². The second-order valence-corrected chi connectivity index (χ2v) is 5.25. The summed E-state index contributed by atoms with van der Waals surface area (Å²) >= 11 is 0. The van der Waals surface area contributed by atoms with E-state index in [4.69, 9.17) is 4.74 Å². The van der Waals surface area contributed by atoms with Gasteiger partial charge in [-0.15, -0.1) is 0 Å². The topological polar surface area (TPSA) is 159 Å². The van der Waals surface area contributed by atoms with Gasteiger partial charge in [0.1, 0.15) is 24.1 Å². The molecule has 23 heavy (non-hydrogen) atoms. The molecule has 2 rings (SSSR count). The van der Waals surface area contributed by atoms with E-state index in [1.54, 1.807) is 0 Å². The molecule has 0 aromatic carbocycles. The standard InChI is InChI=1S/C13H16N2O8/c1-6(17)4-8(18)13(11(21)10(20)7(5-16)23-13)15-3-2-9(19)14-12(15)22/h2-3,7,10-11,16,20-21H,4-5H2,1H3,(H,14,19,22)/t7-,10-,11-,13-/m1/s1. The molecule has 10 nitrogen and oxygen atoms in total. The minimum atomic E-state index is -2.42. The van der Waals surface area contributed by atoms with Crippen molar-refractivity contribution in [2.45, 2.75) is 37.4 Å². The van der Waals surface area contributed by atoms with Crippen molar-refractivity contribution in [3.05, 3.63) is 33.1 Å². The van der Waals surface area contributed by atoms with E-state index in [9.17, 15) is 34.5 Å². The summed E-state index contributed by atoms with van der Waals surface area (Å²) in [6.45, 7) is 0.397. The average Bonchev–Trinajstić information content (AvgIpc) is 2.72. The predicted molar refractivity (Wildman–Crippen MR) is 73.6 cm³/mol. The number of Topliss-reactive ketones (excluding diaryl/α,β-unsaturated/α-hetero) is 2. The van der Waals surface area contributed by atoms with Crippen LogP contribution in [0.1, 0.15) is 13.3 Å². The second kappa shape index (κ2) is 6.16. The summed E-state index contributed by atoms with van der Waals surface area (Å²) in [5.41, 5.74) is -4.23. The Balaban J connectivity index is 2.66. The highest BCUT2D eigenvalue weighted by Crippen LogP contribution is 2.36. The van der Waals surface area contributed by atoms with Crippen LogP contribution in [0.4, 0.5) is 0 Å². The fourth-order valence-corrected chi connectivity index (χ4v) is 2.55. The Hall–Kier alpha value is -2.14. The van der Waals surface area contributed by atoms with Crippen molar-refractivity contribution in [2.24, 2.45) is 0 Å². The van der Waals surface area contributed by atoms with Gasteiger partial charge in [0.15, 0.2) is 5.78 Å². The molecule has 1 aromatic rings. The van der Waals surface area contributed by atoms with E-state index in [0.717, 1.165) is 19.2 Å². The Morgan fingerprint density at radius 2 is 2.04 bits per heavy atom. The largest absolute Gasteiger partial charge is 0.394 e. The van der Waals surface area contributed by atoms with Crippen molar-refractivity contribution >= 4 is 11.6 Å². The van der Waals surface area contributed by atoms with Crippen LogP contribution in [0, 0.1) is 0 Å². The third kappa shape index (κ3) is 2.77. The van der Waals surface area contributed by atoms with Crippen LogP contribution in [0.5, 0.6) is 0 Å². The molecule has 4 N–H and O–H groups in total. The first-order chi connectivity index (χ1) is 10.7. The lowest BCUT2D eigenvalue weighted by molar-refractivity contribution is -0.176. The van der Waals surface area contributed by atoms with E-state index in [0.29, 0.717) is 4.57 Å². The van der Waals surface area contributed by atoms with Crippen molar-refractivity contribution in [1.29, 1.82) is 0 Å². The first-order valence-electron chi connectivity index (χ1n) is 6.74. The molecule has 0 unspecified atom stereocenters. The predicted octanol–water partition coefficient (Wildman–Crippen LogP) is -3.15. The lowest BCUT2D eigenvalue weighted by Crippen LogP contribution is -2.56. The molecule has 0 spiro atoms. The maximum atomic E-state index is 12.5. The first kappa shape index (κ1) is 17.2. The number of hydrogen-bond donors (Lipinski definition) is 4. The fourth-order valence-electron chi connectivity index (χ4n) is 2.55. The van der Waals surface area contributed by atoms with Crippen molar-refractivity contribution in [3.63, 3.8) is 0 Å². The molecule has 1 fully saturated rings. The number of aliphatic hydroxyl groups excluding tert-OH is 3. The van der Waals surface area contributed by atoms with Crippen molar-refractivity contribution < 1.29 is 29.6 Å². The molecule has 1 aromatic heterocycles. The SMILES string of the molecule is CC(=O)CC(=O)[C@@]1(n2ccc(=O)[nH]c2=O)O[C@H](CO)[C@@H](O)[C@H]1O. The molecule has 0 bridgehead atoms. The number of carbonyl (C=O) groups is 2. The maximum Gasteiger partial charge on any atom is 0.331 e. The van der Waals surface area contributed by atoms with Gasteiger partial charge < -0.3 is 20.1 Å². The zero-order chi connectivity index (χ0) is 17.4. The minimum absolute atomic E-state index is 0.551. The van der Waals surface area contributed by atoms with Gasteiger partial charge in [-0.1, -0.05) is 0 Å². The molecule has 10 heteroatoms. The third-order valence-electron chi connectivity index (χ3n) is 3.61. The summed E-state index contributed by atoms with van der Waals surface area (Å²) in [5.74, 6) is -1.54. The van der Waals surface area contributed by atoms with Crippen LogP contribution in [0.2, 0.25) is 0 Å². The Morgan fingerprint density at radius 1 is 1.39 bits per heavy atom. The minimum Gasteiger partial charge on any atom is -0.394 e. The summed E-state index contributed by atoms with van der Waals surface area (Å²) in [6.07, 6.45) is -4.70. The van der Waals surface area contributed by atoms with Crippen LogP contribution in [0.3, 0.4) is 0 Å². The lowest BCUT2D eigenvalue weighted by atomic mass is 9.95. The Morgan fingerprint density at radius 3 is 2.52 bits per heavy atom. The van der Waals surface area contributed by atoms with Gasteiger partial charge in [0.05, 0.1) is 13.0 Å². The van der Waals surface area contributed by atoms with Gasteiger partial charge in [-0.25, -0.2) is 4.79 Å². The summed E-state index contributed by atoms with van der Waals surface area (Å²) in [6, 6.07) is 0.916. The molecule has 0 aliphatic carbocycles. The van der Waals surface area contributed by atoms with Gasteiger partial charge in [-0.2, -0.15) is 0 Å². The zero-order valence-corrected chi connectivity index (χ0v) is 12.1. The lowest BCUT2D eigenvalue weighted by Gasteiger charge is -2.31. The highest BCUT2D eigenvalue weighted by atomic mass is 16.6. The number of carbonyl (C=O) groups excluding carboxylic acids is 2. The number of nitrogens with zero attached hydrogens (tertiary/aromatic N) is 1. The highest BCUT2D eigenvalue weighted by molar-refractivity contribution is 6.01. The molecular weight excluding hydrogens is 312 g/mol. The molecular formula is C13H16N2O8. The third-order valence-corrected chi connectivity index (χ3v) is 3.61. The van der Waals surface area contributed by atoms with Gasteiger partial charge in [-0.3, -0.25) is 23.9 Å². The highest BCUT2D eigenvalue weighted by Gasteiger charge is 2.60. The maximum absolute atomic E-state index is 12.5. The summed E-state index contributed by atoms with van der Waals surface area (Å²) in [5, 5.41) is 29.4. The molecule has 4 atom stereocenters. The van der Waals surface area contributed by atoms with Gasteiger partial charge in [0.2, 0.25) is 5.72 Å². The van der Waals surface area contributed by atoms with E-state index >= 15 is 0 Å². The monoisotopic (exact) mass is 328 g/mol. The number of nitrogens with one attached hydrogen (secondary N) is 1. The fraction of sp³-hybridized carbons (Fsp3) is 0.538. The van der Waals surface area contributed by atoms with Crippen molar-refractivity contribution in [3.8, 4) is 0 Å². The summed E-state index contributed by atoms with van der Waals surface area (Å²) in [4.78, 5) is 48.8. The summed E-state index contributed by atoms with van der Waals surface area (Å²) < 4.78 is 5.88. The number of aliphatic hydroxyl groups is 3. The van der Waals surface area contributed by atoms with E-state index in [2.05, 4.69) is 0 Å². The summed E-state index contributed by atoms with van der Waals surface area (Å²) in [7, 11) is 0. The molecule has 1 aliphatic heterocycles. The quantitative estimate of drug-likeness (QED) is 0.412. The molecule has 1 saturated heterocycles. The van der Waals surface area contributed by atoms with E-state index < -0.39 is 59.9 Å². The van der Waals surface area contributed by atoms with E-state index in [-0.39, 0.29) is 0 Å². The van der Waals surface area contributed by atoms with Crippen molar-refractivity contribution in [1.82, 2.24) is 9.55 Å². The van der Waals surface area contributed by atoms with Crippen LogP contribution in [0.15, 0.2) is 21.9 Å². The molecule has 2 heterocycles. The number of ketones is 2. The molecule has 126 valence electrons. The van der Waals surface area contributed by atoms with Crippen LogP contribution < -0.4 is 11.2 Å². The van der Waals surface area contributed by atoms with Gasteiger partial charge >= 0.3 is 5.69 Å². The smallest absolute Gasteiger partial charge is 0.331 e. The number of ether oxygens (including phenoxy) is 1. The molecule has 0 radical (unpaired) electrons. The Kier molecular flexibility index (Phi) is 4.61. The van der Waals surface area contributed by atoms with Crippen molar-refractivity contribution in [2.75, 3.05) is 6.61 Å². The number of hydrogen-bond acceptors (Lipinski definition) is 8. The van der Waals surface area contributed by atoms with Crippen LogP contribution >= 0.6 is 0 Å². The van der Waals surface area contributed by atoms with Gasteiger partial charge in [-0.05, 0) is 6.92 Å². The van der Waals surface area contributed by atoms with Crippen LogP contribution in [-0.2, 0) is 20.1 Å². The molecule has 0 amide bonds. The van der Waals surface area contributed by atoms with Crippen LogP contribution in [0.25, 0.3) is 0 Å². The number of aromatic nitrogens is 2. The zero-order valence-electron chi connectivity index (χ0n) is 12.1. The molecule has 1 aliphatic rings. The van der Waals surface area contributed by atoms with E-state index in [1.807, 2.05) is 4.98 Å². The Labute approximate surface area is 129 Å². The normalized spacial score (nSPS) is 30.3. The second-order valence-electron chi connectivity index (χ2n) is 5.25. The van der Waals surface area contributed by atoms with Gasteiger partial charge in [0, 0.05) is 12.3 Å². The van der Waals surface area contributed by atoms with Crippen LogP contribution in [-0.4, -0.2) is 61.4 Å². The van der Waals surface area contributed by atoms with E-state index in [1.165, 1.54) is 0 Å². The number of aromatic amines is 1.